The molecule has 31 heavy (non-hydrogen) atoms. The molecule has 0 atom stereocenters. The first kappa shape index (κ1) is 21.2. The van der Waals surface area contributed by atoms with Gasteiger partial charge in [-0.2, -0.15) is 0 Å². The van der Waals surface area contributed by atoms with Gasteiger partial charge in [0.05, 0.1) is 5.52 Å². The number of carbonyl (C=O) groups excluding carboxylic acids is 1. The van der Waals surface area contributed by atoms with Gasteiger partial charge in [-0.15, -0.1) is 0 Å². The standard InChI is InChI=1S/C25H30N4O2/c1-4-25(31,5-2)24(30)29-15-13-28(14-16-29)23-20-12-11-18(3)17-21(20)26-22(27-23)19-9-7-6-8-10-19/h6-12,17,31H,4-5,13-16H2,1-3H3. The van der Waals surface area contributed by atoms with Crippen LogP contribution in [0.3, 0.4) is 0 Å². The third-order valence-electron chi connectivity index (χ3n) is 6.30. The first-order chi connectivity index (χ1) is 14.9. The summed E-state index contributed by atoms with van der Waals surface area (Å²) < 4.78 is 0. The number of anilines is 1. The minimum atomic E-state index is -1.26. The summed E-state index contributed by atoms with van der Waals surface area (Å²) in [6.45, 7) is 8.26. The van der Waals surface area contributed by atoms with E-state index in [1.165, 1.54) is 0 Å². The Morgan fingerprint density at radius 2 is 1.68 bits per heavy atom. The lowest BCUT2D eigenvalue weighted by atomic mass is 9.95. The number of aryl methyl sites for hydroxylation is 1. The number of aromatic nitrogens is 2. The van der Waals surface area contributed by atoms with Gasteiger partial charge in [0.25, 0.3) is 5.91 Å². The average Bonchev–Trinajstić information content (AvgIpc) is 2.82. The van der Waals surface area contributed by atoms with Crippen molar-refractivity contribution in [3.05, 3.63) is 54.1 Å². The van der Waals surface area contributed by atoms with E-state index in [9.17, 15) is 9.90 Å². The molecule has 0 bridgehead atoms. The van der Waals surface area contributed by atoms with E-state index in [4.69, 9.17) is 9.97 Å². The minimum Gasteiger partial charge on any atom is -0.380 e. The molecule has 3 aromatic rings. The predicted octanol–water partition coefficient (Wildman–Crippen LogP) is 3.80. The molecule has 6 nitrogen and oxygen atoms in total. The summed E-state index contributed by atoms with van der Waals surface area (Å²) >= 11 is 0. The Morgan fingerprint density at radius 1 is 1.00 bits per heavy atom. The Balaban J connectivity index is 1.65. The predicted molar refractivity (Wildman–Crippen MR) is 124 cm³/mol. The highest BCUT2D eigenvalue weighted by Crippen LogP contribution is 2.29. The number of piperazine rings is 1. The Kier molecular flexibility index (Phi) is 5.92. The van der Waals surface area contributed by atoms with Crippen LogP contribution < -0.4 is 4.90 Å². The van der Waals surface area contributed by atoms with Gasteiger partial charge in [-0.05, 0) is 37.5 Å². The Bertz CT molecular complexity index is 1070. The van der Waals surface area contributed by atoms with Crippen LogP contribution in [0.5, 0.6) is 0 Å². The molecule has 4 rings (SSSR count). The molecular weight excluding hydrogens is 388 g/mol. The van der Waals surface area contributed by atoms with Gasteiger partial charge in [-0.25, -0.2) is 9.97 Å². The summed E-state index contributed by atoms with van der Waals surface area (Å²) in [6.07, 6.45) is 0.859. The van der Waals surface area contributed by atoms with E-state index >= 15 is 0 Å². The summed E-state index contributed by atoms with van der Waals surface area (Å²) in [5.41, 5.74) is 1.80. The molecular formula is C25H30N4O2. The van der Waals surface area contributed by atoms with Gasteiger partial charge in [0.15, 0.2) is 5.82 Å². The van der Waals surface area contributed by atoms with Gasteiger partial charge < -0.3 is 14.9 Å². The number of hydrogen-bond acceptors (Lipinski definition) is 5. The first-order valence-corrected chi connectivity index (χ1v) is 11.1. The van der Waals surface area contributed by atoms with E-state index in [-0.39, 0.29) is 5.91 Å². The molecule has 1 saturated heterocycles. The van der Waals surface area contributed by atoms with Crippen LogP contribution in [0.15, 0.2) is 48.5 Å². The van der Waals surface area contributed by atoms with E-state index in [2.05, 4.69) is 30.0 Å². The summed E-state index contributed by atoms with van der Waals surface area (Å²) in [6, 6.07) is 16.3. The lowest BCUT2D eigenvalue weighted by Crippen LogP contribution is -2.55. The van der Waals surface area contributed by atoms with Crippen molar-refractivity contribution in [2.45, 2.75) is 39.2 Å². The molecule has 2 heterocycles. The molecule has 6 heteroatoms. The average molecular weight is 419 g/mol. The van der Waals surface area contributed by atoms with Gasteiger partial charge >= 0.3 is 0 Å². The number of hydrogen-bond donors (Lipinski definition) is 1. The molecule has 0 aliphatic carbocycles. The van der Waals surface area contributed by atoms with E-state index in [1.807, 2.05) is 44.2 Å². The van der Waals surface area contributed by atoms with Crippen LogP contribution in [0.1, 0.15) is 32.3 Å². The fourth-order valence-electron chi connectivity index (χ4n) is 4.15. The van der Waals surface area contributed by atoms with Crippen LogP contribution in [0.4, 0.5) is 5.82 Å². The van der Waals surface area contributed by atoms with E-state index in [1.54, 1.807) is 4.90 Å². The number of rotatable bonds is 5. The number of fused-ring (bicyclic) bond motifs is 1. The molecule has 0 unspecified atom stereocenters. The highest BCUT2D eigenvalue weighted by atomic mass is 16.3. The van der Waals surface area contributed by atoms with Crippen molar-refractivity contribution >= 4 is 22.6 Å². The lowest BCUT2D eigenvalue weighted by Gasteiger charge is -2.39. The molecule has 0 saturated carbocycles. The SMILES string of the molecule is CCC(O)(CC)C(=O)N1CCN(c2nc(-c3ccccc3)nc3cc(C)ccc23)CC1. The summed E-state index contributed by atoms with van der Waals surface area (Å²) in [5.74, 6) is 1.45. The van der Waals surface area contributed by atoms with Gasteiger partial charge in [0, 0.05) is 37.1 Å². The molecule has 1 fully saturated rings. The van der Waals surface area contributed by atoms with Crippen molar-refractivity contribution in [3.63, 3.8) is 0 Å². The second-order valence-corrected chi connectivity index (χ2v) is 8.28. The maximum absolute atomic E-state index is 12.8. The Hall–Kier alpha value is -2.99. The zero-order chi connectivity index (χ0) is 22.0. The number of aliphatic hydroxyl groups is 1. The van der Waals surface area contributed by atoms with Crippen molar-refractivity contribution in [2.75, 3.05) is 31.1 Å². The van der Waals surface area contributed by atoms with Crippen LogP contribution in [0.2, 0.25) is 0 Å². The third kappa shape index (κ3) is 4.12. The summed E-state index contributed by atoms with van der Waals surface area (Å²) in [4.78, 5) is 26.6. The lowest BCUT2D eigenvalue weighted by molar-refractivity contribution is -0.152. The second-order valence-electron chi connectivity index (χ2n) is 8.28. The Labute approximate surface area is 183 Å². The summed E-state index contributed by atoms with van der Waals surface area (Å²) in [5, 5.41) is 11.7. The molecule has 1 aliphatic rings. The number of carbonyl (C=O) groups is 1. The summed E-state index contributed by atoms with van der Waals surface area (Å²) in [7, 11) is 0. The minimum absolute atomic E-state index is 0.162. The molecule has 162 valence electrons. The van der Waals surface area contributed by atoms with Crippen molar-refractivity contribution in [1.29, 1.82) is 0 Å². The van der Waals surface area contributed by atoms with E-state index in [0.717, 1.165) is 27.8 Å². The third-order valence-corrected chi connectivity index (χ3v) is 6.30. The van der Waals surface area contributed by atoms with Crippen LogP contribution in [0, 0.1) is 6.92 Å². The number of amides is 1. The fourth-order valence-corrected chi connectivity index (χ4v) is 4.15. The van der Waals surface area contributed by atoms with Gasteiger partial charge in [-0.3, -0.25) is 4.79 Å². The van der Waals surface area contributed by atoms with Gasteiger partial charge in [-0.1, -0.05) is 50.2 Å². The largest absolute Gasteiger partial charge is 0.380 e. The maximum Gasteiger partial charge on any atom is 0.254 e. The van der Waals surface area contributed by atoms with Crippen molar-refractivity contribution in [1.82, 2.24) is 14.9 Å². The van der Waals surface area contributed by atoms with Crippen molar-refractivity contribution in [2.24, 2.45) is 0 Å². The molecule has 1 aliphatic heterocycles. The van der Waals surface area contributed by atoms with Crippen LogP contribution in [-0.4, -0.2) is 57.7 Å². The van der Waals surface area contributed by atoms with Crippen molar-refractivity contribution < 1.29 is 9.90 Å². The van der Waals surface area contributed by atoms with Crippen LogP contribution in [0.25, 0.3) is 22.3 Å². The van der Waals surface area contributed by atoms with Crippen LogP contribution >= 0.6 is 0 Å². The fraction of sp³-hybridized carbons (Fsp3) is 0.400. The molecule has 1 aromatic heterocycles. The van der Waals surface area contributed by atoms with E-state index < -0.39 is 5.60 Å². The monoisotopic (exact) mass is 418 g/mol. The zero-order valence-corrected chi connectivity index (χ0v) is 18.5. The number of benzene rings is 2. The van der Waals surface area contributed by atoms with Crippen LogP contribution in [-0.2, 0) is 4.79 Å². The maximum atomic E-state index is 12.8. The van der Waals surface area contributed by atoms with Crippen molar-refractivity contribution in [3.8, 4) is 11.4 Å². The highest BCUT2D eigenvalue weighted by Gasteiger charge is 2.37. The number of nitrogens with zero attached hydrogens (tertiary/aromatic N) is 4. The molecule has 0 radical (unpaired) electrons. The molecule has 1 N–H and O–H groups in total. The smallest absolute Gasteiger partial charge is 0.254 e. The van der Waals surface area contributed by atoms with E-state index in [0.29, 0.717) is 44.8 Å². The second kappa shape index (κ2) is 8.63. The highest BCUT2D eigenvalue weighted by molar-refractivity contribution is 5.92. The molecule has 0 spiro atoms. The first-order valence-electron chi connectivity index (χ1n) is 11.1. The van der Waals surface area contributed by atoms with Gasteiger partial charge in [0.1, 0.15) is 11.4 Å². The van der Waals surface area contributed by atoms with Gasteiger partial charge in [0.2, 0.25) is 0 Å². The zero-order valence-electron chi connectivity index (χ0n) is 18.5. The topological polar surface area (TPSA) is 69.6 Å². The molecule has 1 amide bonds. The normalized spacial score (nSPS) is 14.8. The quantitative estimate of drug-likeness (QED) is 0.682. The Morgan fingerprint density at radius 3 is 2.32 bits per heavy atom. The molecule has 2 aromatic carbocycles.